The molecule has 0 bridgehead atoms. The number of nitrogens with zero attached hydrogens (tertiary/aromatic N) is 1. The molecule has 0 heterocycles. The first-order valence-electron chi connectivity index (χ1n) is 3.33. The van der Waals surface area contributed by atoms with E-state index in [0.717, 1.165) is 0 Å². The highest BCUT2D eigenvalue weighted by Crippen LogP contribution is 1.93. The third kappa shape index (κ3) is 5.34. The highest BCUT2D eigenvalue weighted by molar-refractivity contribution is 4.26. The van der Waals surface area contributed by atoms with E-state index in [1.54, 1.807) is 27.7 Å². The van der Waals surface area contributed by atoms with Crippen LogP contribution in [0, 0.1) is 4.91 Å². The summed E-state index contributed by atoms with van der Waals surface area (Å²) in [4.78, 5) is 19.8. The zero-order chi connectivity index (χ0) is 8.15. The molecule has 0 aromatic heterocycles. The summed E-state index contributed by atoms with van der Waals surface area (Å²) in [6, 6.07) is 0. The fourth-order valence-electron chi connectivity index (χ4n) is 0.369. The van der Waals surface area contributed by atoms with Gasteiger partial charge in [0, 0.05) is 0 Å². The summed E-state index contributed by atoms with van der Waals surface area (Å²) in [6.45, 7) is 7.03. The van der Waals surface area contributed by atoms with Gasteiger partial charge in [0.25, 0.3) is 0 Å². The Bertz CT molecular complexity index is 99.6. The van der Waals surface area contributed by atoms with Crippen LogP contribution in [-0.4, -0.2) is 17.3 Å². The number of rotatable bonds is 4. The van der Waals surface area contributed by atoms with Crippen LogP contribution in [0.2, 0.25) is 0 Å². The van der Waals surface area contributed by atoms with Gasteiger partial charge in [-0.25, -0.2) is 0 Å². The summed E-state index contributed by atoms with van der Waals surface area (Å²) in [7, 11) is 0. The van der Waals surface area contributed by atoms with Crippen LogP contribution in [0.15, 0.2) is 0 Å². The molecule has 0 amide bonds. The molecule has 0 aromatic rings. The summed E-state index contributed by atoms with van der Waals surface area (Å²) >= 11 is 0. The van der Waals surface area contributed by atoms with Crippen molar-refractivity contribution in [2.24, 2.45) is 0 Å². The highest BCUT2D eigenvalue weighted by atomic mass is 17.0. The van der Waals surface area contributed by atoms with Crippen molar-refractivity contribution in [3.8, 4) is 0 Å². The van der Waals surface area contributed by atoms with Gasteiger partial charge >= 0.3 is 5.09 Å². The van der Waals surface area contributed by atoms with Gasteiger partial charge in [0.15, 0.2) is 12.2 Å². The highest BCUT2D eigenvalue weighted by Gasteiger charge is 2.16. The molecule has 0 unspecified atom stereocenters. The van der Waals surface area contributed by atoms with E-state index in [9.17, 15) is 4.91 Å². The van der Waals surface area contributed by atoms with E-state index >= 15 is 0 Å². The molecule has 4 heteroatoms. The molecule has 10 heavy (non-hydrogen) atoms. The largest absolute Gasteiger partial charge is 0.478 e. The standard InChI is InChI=1S/C6H14NO3/c1-5(2)9-7(8)10-6(3)4/h5-6H,1-4H3/q+1. The van der Waals surface area contributed by atoms with Crippen LogP contribution < -0.4 is 0 Å². The van der Waals surface area contributed by atoms with Gasteiger partial charge in [-0.05, 0) is 27.7 Å². The molecular weight excluding hydrogens is 134 g/mol. The van der Waals surface area contributed by atoms with Crippen LogP contribution in [0.3, 0.4) is 0 Å². The summed E-state index contributed by atoms with van der Waals surface area (Å²) in [5, 5.41) is 0.148. The summed E-state index contributed by atoms with van der Waals surface area (Å²) in [5.74, 6) is 0. The van der Waals surface area contributed by atoms with Crippen LogP contribution in [0.4, 0.5) is 0 Å². The van der Waals surface area contributed by atoms with Crippen LogP contribution in [-0.2, 0) is 9.68 Å². The molecule has 0 N–H and O–H groups in total. The van der Waals surface area contributed by atoms with Gasteiger partial charge in [0.1, 0.15) is 4.91 Å². The topological polar surface area (TPSA) is 38.5 Å². The van der Waals surface area contributed by atoms with E-state index in [1.165, 1.54) is 0 Å². The Hall–Kier alpha value is -0.800. The number of hydrogen-bond donors (Lipinski definition) is 0. The smallest absolute Gasteiger partial charge is 0.184 e. The van der Waals surface area contributed by atoms with Gasteiger partial charge in [0.2, 0.25) is 0 Å². The third-order valence-electron chi connectivity index (χ3n) is 0.594. The lowest BCUT2D eigenvalue weighted by Crippen LogP contribution is -2.19. The number of hydrogen-bond acceptors (Lipinski definition) is 3. The Kier molecular flexibility index (Phi) is 3.76. The van der Waals surface area contributed by atoms with Crippen LogP contribution in [0.25, 0.3) is 0 Å². The molecule has 0 aliphatic carbocycles. The fraction of sp³-hybridized carbons (Fsp3) is 1.00. The van der Waals surface area contributed by atoms with E-state index in [0.29, 0.717) is 0 Å². The zero-order valence-corrected chi connectivity index (χ0v) is 6.83. The van der Waals surface area contributed by atoms with E-state index < -0.39 is 0 Å². The average Bonchev–Trinajstić information content (AvgIpc) is 1.58. The molecule has 0 radical (unpaired) electrons. The van der Waals surface area contributed by atoms with Crippen molar-refractivity contribution < 1.29 is 14.8 Å². The van der Waals surface area contributed by atoms with Crippen molar-refractivity contribution in [2.75, 3.05) is 0 Å². The maximum absolute atomic E-state index is 10.5. The fourth-order valence-corrected chi connectivity index (χ4v) is 0.369. The van der Waals surface area contributed by atoms with E-state index in [4.69, 9.17) is 0 Å². The quantitative estimate of drug-likeness (QED) is 0.566. The lowest BCUT2D eigenvalue weighted by atomic mass is 10.5. The Morgan fingerprint density at radius 3 is 1.50 bits per heavy atom. The van der Waals surface area contributed by atoms with Gasteiger partial charge in [-0.2, -0.15) is 9.68 Å². The third-order valence-corrected chi connectivity index (χ3v) is 0.594. The molecule has 0 aliphatic rings. The lowest BCUT2D eigenvalue weighted by Gasteiger charge is -1.97. The predicted molar refractivity (Wildman–Crippen MR) is 36.1 cm³/mol. The maximum Gasteiger partial charge on any atom is 0.478 e. The Balaban J connectivity index is 3.44. The predicted octanol–water partition coefficient (Wildman–Crippen LogP) is 1.45. The second kappa shape index (κ2) is 4.09. The second-order valence-electron chi connectivity index (χ2n) is 2.53. The molecule has 0 spiro atoms. The van der Waals surface area contributed by atoms with Gasteiger partial charge in [-0.3, -0.25) is 0 Å². The molecule has 0 aromatic carbocycles. The van der Waals surface area contributed by atoms with E-state index in [2.05, 4.69) is 9.68 Å². The van der Waals surface area contributed by atoms with Crippen molar-refractivity contribution in [1.82, 2.24) is 0 Å². The Labute approximate surface area is 60.6 Å². The van der Waals surface area contributed by atoms with Gasteiger partial charge in [0.05, 0.1) is 0 Å². The van der Waals surface area contributed by atoms with E-state index in [-0.39, 0.29) is 17.3 Å². The maximum atomic E-state index is 10.5. The minimum atomic E-state index is -0.142. The first-order chi connectivity index (χ1) is 4.52. The average molecular weight is 148 g/mol. The molecule has 0 fully saturated rings. The SMILES string of the molecule is CC(C)O[N+](=O)OC(C)C. The molecule has 0 saturated carbocycles. The van der Waals surface area contributed by atoms with Crippen molar-refractivity contribution in [3.05, 3.63) is 4.91 Å². The molecule has 60 valence electrons. The van der Waals surface area contributed by atoms with Gasteiger partial charge in [-0.15, -0.1) is 0 Å². The molecule has 0 aliphatic heterocycles. The minimum Gasteiger partial charge on any atom is -0.184 e. The van der Waals surface area contributed by atoms with Gasteiger partial charge in [-0.1, -0.05) is 0 Å². The molecule has 4 nitrogen and oxygen atoms in total. The normalized spacial score (nSPS) is 10.2. The van der Waals surface area contributed by atoms with Crippen molar-refractivity contribution in [3.63, 3.8) is 0 Å². The van der Waals surface area contributed by atoms with Crippen LogP contribution >= 0.6 is 0 Å². The monoisotopic (exact) mass is 148 g/mol. The molecular formula is C6H14NO3+. The summed E-state index contributed by atoms with van der Waals surface area (Å²) in [6.07, 6.45) is -0.285. The minimum absolute atomic E-state index is 0.142. The first kappa shape index (κ1) is 9.20. The van der Waals surface area contributed by atoms with Crippen molar-refractivity contribution >= 4 is 0 Å². The molecule has 0 saturated heterocycles. The van der Waals surface area contributed by atoms with Crippen LogP contribution in [0.5, 0.6) is 0 Å². The Morgan fingerprint density at radius 2 is 1.30 bits per heavy atom. The Morgan fingerprint density at radius 1 is 1.00 bits per heavy atom. The van der Waals surface area contributed by atoms with Crippen LogP contribution in [0.1, 0.15) is 27.7 Å². The second-order valence-corrected chi connectivity index (χ2v) is 2.53. The molecule has 0 rings (SSSR count). The first-order valence-corrected chi connectivity index (χ1v) is 3.33. The van der Waals surface area contributed by atoms with E-state index in [1.807, 2.05) is 0 Å². The van der Waals surface area contributed by atoms with Gasteiger partial charge < -0.3 is 0 Å². The lowest BCUT2D eigenvalue weighted by molar-refractivity contribution is -0.991. The summed E-state index contributed by atoms with van der Waals surface area (Å²) in [5.41, 5.74) is 0. The van der Waals surface area contributed by atoms with Crippen molar-refractivity contribution in [1.29, 1.82) is 0 Å². The summed E-state index contributed by atoms with van der Waals surface area (Å²) < 4.78 is 0. The van der Waals surface area contributed by atoms with Crippen molar-refractivity contribution in [2.45, 2.75) is 39.9 Å². The molecule has 0 atom stereocenters. The zero-order valence-electron chi connectivity index (χ0n) is 6.83.